The Hall–Kier alpha value is -1.82. The van der Waals surface area contributed by atoms with Gasteiger partial charge in [0.2, 0.25) is 0 Å². The Morgan fingerprint density at radius 3 is 2.65 bits per heavy atom. The molecule has 0 N–H and O–H groups in total. The summed E-state index contributed by atoms with van der Waals surface area (Å²) >= 11 is 0. The summed E-state index contributed by atoms with van der Waals surface area (Å²) in [6.45, 7) is 2.16. The quantitative estimate of drug-likeness (QED) is 0.712. The van der Waals surface area contributed by atoms with E-state index >= 15 is 0 Å². The van der Waals surface area contributed by atoms with Crippen molar-refractivity contribution in [1.29, 1.82) is 0 Å². The second-order valence-corrected chi connectivity index (χ2v) is 4.84. The maximum absolute atomic E-state index is 2.36. The fraction of sp³-hybridized carbons (Fsp3) is 0.176. The normalized spacial score (nSPS) is 13.4. The van der Waals surface area contributed by atoms with Crippen LogP contribution in [0.1, 0.15) is 22.3 Å². The average Bonchev–Trinajstić information content (AvgIpc) is 2.71. The van der Waals surface area contributed by atoms with Crippen LogP contribution in [0.25, 0.3) is 6.08 Å². The molecular formula is C17H16. The molecule has 3 rings (SSSR count). The summed E-state index contributed by atoms with van der Waals surface area (Å²) < 4.78 is 0. The molecule has 0 bridgehead atoms. The summed E-state index contributed by atoms with van der Waals surface area (Å²) in [5.74, 6) is 0. The second kappa shape index (κ2) is 4.21. The van der Waals surface area contributed by atoms with Gasteiger partial charge in [0.05, 0.1) is 0 Å². The minimum Gasteiger partial charge on any atom is -0.0622 e. The number of benzene rings is 2. The number of hydrogen-bond acceptors (Lipinski definition) is 0. The van der Waals surface area contributed by atoms with Crippen LogP contribution in [0.5, 0.6) is 0 Å². The lowest BCUT2D eigenvalue weighted by Gasteiger charge is -2.02. The summed E-state index contributed by atoms with van der Waals surface area (Å²) in [4.78, 5) is 0. The highest BCUT2D eigenvalue weighted by molar-refractivity contribution is 5.65. The van der Waals surface area contributed by atoms with Crippen molar-refractivity contribution in [3.63, 3.8) is 0 Å². The molecular weight excluding hydrogens is 204 g/mol. The highest BCUT2D eigenvalue weighted by Gasteiger charge is 2.12. The van der Waals surface area contributed by atoms with Crippen LogP contribution >= 0.6 is 0 Å². The first-order valence-corrected chi connectivity index (χ1v) is 6.14. The molecule has 0 spiro atoms. The molecule has 0 saturated heterocycles. The fourth-order valence-corrected chi connectivity index (χ4v) is 2.50. The molecule has 2 aromatic rings. The molecule has 0 radical (unpaired) electrons. The zero-order valence-corrected chi connectivity index (χ0v) is 10.1. The van der Waals surface area contributed by atoms with Crippen LogP contribution in [0.4, 0.5) is 0 Å². The van der Waals surface area contributed by atoms with Gasteiger partial charge >= 0.3 is 0 Å². The Bertz CT molecular complexity index is 562. The van der Waals surface area contributed by atoms with E-state index in [0.29, 0.717) is 0 Å². The monoisotopic (exact) mass is 220 g/mol. The van der Waals surface area contributed by atoms with E-state index in [1.165, 1.54) is 27.8 Å². The molecule has 0 unspecified atom stereocenters. The molecule has 1 aliphatic rings. The highest BCUT2D eigenvalue weighted by Crippen LogP contribution is 2.27. The molecule has 0 aromatic heterocycles. The van der Waals surface area contributed by atoms with Crippen molar-refractivity contribution in [3.05, 3.63) is 76.4 Å². The van der Waals surface area contributed by atoms with Gasteiger partial charge in [0, 0.05) is 0 Å². The fourth-order valence-electron chi connectivity index (χ4n) is 2.50. The summed E-state index contributed by atoms with van der Waals surface area (Å²) in [5, 5.41) is 0. The Morgan fingerprint density at radius 2 is 1.82 bits per heavy atom. The Labute approximate surface area is 103 Å². The van der Waals surface area contributed by atoms with Crippen LogP contribution in [-0.2, 0) is 12.8 Å². The first kappa shape index (κ1) is 10.3. The molecule has 0 saturated carbocycles. The zero-order chi connectivity index (χ0) is 11.7. The number of fused-ring (bicyclic) bond motifs is 1. The minimum atomic E-state index is 1.08. The summed E-state index contributed by atoms with van der Waals surface area (Å²) in [6, 6.07) is 17.5. The van der Waals surface area contributed by atoms with Gasteiger partial charge in [0.1, 0.15) is 0 Å². The van der Waals surface area contributed by atoms with Gasteiger partial charge in [-0.25, -0.2) is 0 Å². The van der Waals surface area contributed by atoms with Crippen molar-refractivity contribution in [2.24, 2.45) is 0 Å². The van der Waals surface area contributed by atoms with Gasteiger partial charge < -0.3 is 0 Å². The predicted molar refractivity (Wildman–Crippen MR) is 73.0 cm³/mol. The van der Waals surface area contributed by atoms with Crippen LogP contribution < -0.4 is 0 Å². The van der Waals surface area contributed by atoms with Crippen LogP contribution in [-0.4, -0.2) is 0 Å². The Morgan fingerprint density at radius 1 is 1.00 bits per heavy atom. The smallest absolute Gasteiger partial charge is 0.00545 e. The molecule has 0 fully saturated rings. The van der Waals surface area contributed by atoms with Gasteiger partial charge in [0.25, 0.3) is 0 Å². The summed E-state index contributed by atoms with van der Waals surface area (Å²) in [5.41, 5.74) is 7.17. The average molecular weight is 220 g/mol. The maximum Gasteiger partial charge on any atom is -0.00545 e. The van der Waals surface area contributed by atoms with E-state index in [2.05, 4.69) is 61.5 Å². The van der Waals surface area contributed by atoms with Gasteiger partial charge in [-0.15, -0.1) is 0 Å². The van der Waals surface area contributed by atoms with Crippen molar-refractivity contribution < 1.29 is 0 Å². The number of aryl methyl sites for hydroxylation is 1. The third-order valence-electron chi connectivity index (χ3n) is 3.35. The van der Waals surface area contributed by atoms with Gasteiger partial charge in [-0.2, -0.15) is 0 Å². The van der Waals surface area contributed by atoms with Crippen LogP contribution in [0.2, 0.25) is 0 Å². The van der Waals surface area contributed by atoms with E-state index in [1.807, 2.05) is 0 Å². The minimum absolute atomic E-state index is 1.08. The molecule has 2 aromatic carbocycles. The largest absolute Gasteiger partial charge is 0.0622 e. The van der Waals surface area contributed by atoms with Gasteiger partial charge in [-0.05, 0) is 36.5 Å². The first-order valence-electron chi connectivity index (χ1n) is 6.14. The standard InChI is InChI=1S/C17H16/c1-13-7-8-16-11-15(12-17(16)9-13)10-14-5-3-2-4-6-14/h2-9,12H,10-11H2,1H3. The predicted octanol–water partition coefficient (Wildman–Crippen LogP) is 4.18. The van der Waals surface area contributed by atoms with Crippen molar-refractivity contribution in [2.75, 3.05) is 0 Å². The van der Waals surface area contributed by atoms with Gasteiger partial charge in [-0.1, -0.05) is 65.7 Å². The van der Waals surface area contributed by atoms with E-state index in [1.54, 1.807) is 0 Å². The third-order valence-corrected chi connectivity index (χ3v) is 3.35. The number of allylic oxidation sites excluding steroid dienone is 1. The zero-order valence-electron chi connectivity index (χ0n) is 10.1. The van der Waals surface area contributed by atoms with E-state index in [-0.39, 0.29) is 0 Å². The Kier molecular flexibility index (Phi) is 2.56. The SMILES string of the molecule is Cc1ccc2c(c1)C=C(Cc1ccccc1)C2. The Balaban J connectivity index is 1.83. The molecule has 0 heteroatoms. The summed E-state index contributed by atoms with van der Waals surface area (Å²) in [7, 11) is 0. The molecule has 0 heterocycles. The van der Waals surface area contributed by atoms with Crippen LogP contribution in [0.3, 0.4) is 0 Å². The van der Waals surface area contributed by atoms with Gasteiger partial charge in [0.15, 0.2) is 0 Å². The molecule has 0 nitrogen and oxygen atoms in total. The van der Waals surface area contributed by atoms with E-state index in [4.69, 9.17) is 0 Å². The number of hydrogen-bond donors (Lipinski definition) is 0. The molecule has 1 aliphatic carbocycles. The second-order valence-electron chi connectivity index (χ2n) is 4.84. The van der Waals surface area contributed by atoms with E-state index < -0.39 is 0 Å². The lowest BCUT2D eigenvalue weighted by Crippen LogP contribution is -1.90. The molecule has 0 aliphatic heterocycles. The third kappa shape index (κ3) is 2.16. The molecule has 0 amide bonds. The van der Waals surface area contributed by atoms with Crippen LogP contribution in [0.15, 0.2) is 54.1 Å². The van der Waals surface area contributed by atoms with E-state index in [0.717, 1.165) is 12.8 Å². The van der Waals surface area contributed by atoms with Crippen LogP contribution in [0, 0.1) is 6.92 Å². The molecule has 17 heavy (non-hydrogen) atoms. The van der Waals surface area contributed by atoms with Crippen molar-refractivity contribution in [1.82, 2.24) is 0 Å². The first-order chi connectivity index (χ1) is 8.31. The molecule has 84 valence electrons. The van der Waals surface area contributed by atoms with Crippen molar-refractivity contribution in [3.8, 4) is 0 Å². The van der Waals surface area contributed by atoms with E-state index in [9.17, 15) is 0 Å². The van der Waals surface area contributed by atoms with Crippen molar-refractivity contribution >= 4 is 6.08 Å². The van der Waals surface area contributed by atoms with Crippen molar-refractivity contribution in [2.45, 2.75) is 19.8 Å². The molecule has 0 atom stereocenters. The highest BCUT2D eigenvalue weighted by atomic mass is 14.2. The summed E-state index contributed by atoms with van der Waals surface area (Å²) in [6.07, 6.45) is 4.55. The lowest BCUT2D eigenvalue weighted by atomic mass is 10.0. The van der Waals surface area contributed by atoms with Gasteiger partial charge in [-0.3, -0.25) is 0 Å². The lowest BCUT2D eigenvalue weighted by molar-refractivity contribution is 1.07. The number of rotatable bonds is 2. The maximum atomic E-state index is 2.36. The topological polar surface area (TPSA) is 0 Å².